The van der Waals surface area contributed by atoms with Crippen LogP contribution in [0.5, 0.6) is 5.75 Å². The highest BCUT2D eigenvalue weighted by Crippen LogP contribution is 2.37. The van der Waals surface area contributed by atoms with Gasteiger partial charge in [-0.25, -0.2) is 4.98 Å². The van der Waals surface area contributed by atoms with E-state index in [1.165, 1.54) is 24.0 Å². The highest BCUT2D eigenvalue weighted by Gasteiger charge is 2.30. The maximum Gasteiger partial charge on any atom is 0.306 e. The number of ether oxygens (including phenoxy) is 2. The molecule has 3 saturated heterocycles. The topological polar surface area (TPSA) is 75.1 Å². The summed E-state index contributed by atoms with van der Waals surface area (Å²) in [5, 5.41) is 9.89. The molecule has 3 fully saturated rings. The zero-order chi connectivity index (χ0) is 28.3. The van der Waals surface area contributed by atoms with Crippen LogP contribution in [0.15, 0.2) is 54.6 Å². The second-order valence-electron chi connectivity index (χ2n) is 11.6. The Labute approximate surface area is 247 Å². The minimum atomic E-state index is -0.711. The van der Waals surface area contributed by atoms with Crippen LogP contribution in [0, 0.1) is 12.8 Å². The summed E-state index contributed by atoms with van der Waals surface area (Å²) in [7, 11) is 0. The smallest absolute Gasteiger partial charge is 0.306 e. The number of hydrogen-bond acceptors (Lipinski definition) is 6. The summed E-state index contributed by atoms with van der Waals surface area (Å²) >= 11 is 6.66. The third kappa shape index (κ3) is 6.22. The van der Waals surface area contributed by atoms with Crippen LogP contribution in [0.4, 0.5) is 5.82 Å². The van der Waals surface area contributed by atoms with Gasteiger partial charge in [0.2, 0.25) is 0 Å². The number of rotatable bonds is 8. The Bertz CT molecular complexity index is 1380. The van der Waals surface area contributed by atoms with Gasteiger partial charge in [-0.05, 0) is 92.6 Å². The van der Waals surface area contributed by atoms with Crippen molar-refractivity contribution in [1.82, 2.24) is 9.88 Å². The van der Waals surface area contributed by atoms with Crippen molar-refractivity contribution in [2.75, 3.05) is 44.3 Å². The Hall–Kier alpha value is -3.13. The fourth-order valence-corrected chi connectivity index (χ4v) is 6.51. The monoisotopic (exact) mass is 575 g/mol. The lowest BCUT2D eigenvalue weighted by atomic mass is 9.87. The first-order valence-electron chi connectivity index (χ1n) is 14.7. The number of nitrogens with zero attached hydrogens (tertiary/aromatic N) is 3. The Morgan fingerprint density at radius 1 is 1.02 bits per heavy atom. The number of aryl methyl sites for hydroxylation is 1. The van der Waals surface area contributed by atoms with Crippen LogP contribution in [0.2, 0.25) is 5.02 Å². The molecule has 3 aliphatic rings. The minimum absolute atomic E-state index is 0.277. The van der Waals surface area contributed by atoms with Crippen LogP contribution in [0.3, 0.4) is 0 Å². The second kappa shape index (κ2) is 12.4. The summed E-state index contributed by atoms with van der Waals surface area (Å²) in [5.74, 6) is 1.08. The molecule has 0 atom stereocenters. The van der Waals surface area contributed by atoms with E-state index in [-0.39, 0.29) is 5.92 Å². The molecule has 8 heteroatoms. The van der Waals surface area contributed by atoms with Gasteiger partial charge < -0.3 is 19.5 Å². The molecule has 3 aromatic rings. The fourth-order valence-electron chi connectivity index (χ4n) is 6.28. The van der Waals surface area contributed by atoms with E-state index >= 15 is 0 Å². The van der Waals surface area contributed by atoms with E-state index in [9.17, 15) is 9.90 Å². The Balaban J connectivity index is 1.13. The number of aliphatic carboxylic acids is 1. The first-order chi connectivity index (χ1) is 20.0. The first kappa shape index (κ1) is 28.0. The first-order valence-corrected chi connectivity index (χ1v) is 15.1. The van der Waals surface area contributed by atoms with Gasteiger partial charge in [0.15, 0.2) is 0 Å². The predicted octanol–water partition coefficient (Wildman–Crippen LogP) is 6.17. The number of carboxylic acids is 1. The SMILES string of the molecule is Cc1cc(C2CCN(C3COC3)CC2)ccc1COc1c(Cl)cccc1-c1cccc(N2CCC(C(=O)O)CC2)n1. The van der Waals surface area contributed by atoms with Gasteiger partial charge in [0, 0.05) is 18.7 Å². The van der Waals surface area contributed by atoms with Gasteiger partial charge in [-0.3, -0.25) is 9.69 Å². The van der Waals surface area contributed by atoms with Crippen molar-refractivity contribution in [3.8, 4) is 17.0 Å². The number of carboxylic acid groups (broad SMARTS) is 1. The molecule has 0 amide bonds. The molecule has 0 saturated carbocycles. The number of halogens is 1. The molecule has 1 N–H and O–H groups in total. The Morgan fingerprint density at radius 2 is 1.78 bits per heavy atom. The predicted molar refractivity (Wildman–Crippen MR) is 161 cm³/mol. The maximum absolute atomic E-state index is 11.4. The number of aromatic nitrogens is 1. The normalized spacial score (nSPS) is 19.2. The molecule has 1 aromatic heterocycles. The molecule has 0 unspecified atom stereocenters. The van der Waals surface area contributed by atoms with E-state index < -0.39 is 5.97 Å². The molecule has 2 aromatic carbocycles. The number of benzene rings is 2. The molecule has 0 aliphatic carbocycles. The Morgan fingerprint density at radius 3 is 2.46 bits per heavy atom. The average Bonchev–Trinajstić information content (AvgIpc) is 2.96. The van der Waals surface area contributed by atoms with Crippen molar-refractivity contribution in [3.63, 3.8) is 0 Å². The number of piperidine rings is 2. The number of likely N-dealkylation sites (tertiary alicyclic amines) is 1. The van der Waals surface area contributed by atoms with E-state index in [1.54, 1.807) is 0 Å². The van der Waals surface area contributed by atoms with E-state index in [2.05, 4.69) is 34.9 Å². The van der Waals surface area contributed by atoms with Crippen molar-refractivity contribution in [2.45, 2.75) is 51.2 Å². The van der Waals surface area contributed by atoms with Crippen molar-refractivity contribution in [2.24, 2.45) is 5.92 Å². The van der Waals surface area contributed by atoms with Crippen LogP contribution in [-0.2, 0) is 16.1 Å². The second-order valence-corrected chi connectivity index (χ2v) is 12.0. The molecule has 0 bridgehead atoms. The number of anilines is 1. The summed E-state index contributed by atoms with van der Waals surface area (Å²) in [6.45, 7) is 8.01. The van der Waals surface area contributed by atoms with Gasteiger partial charge in [0.05, 0.1) is 35.9 Å². The van der Waals surface area contributed by atoms with Crippen molar-refractivity contribution < 1.29 is 19.4 Å². The largest absolute Gasteiger partial charge is 0.487 e. The molecule has 0 radical (unpaired) electrons. The van der Waals surface area contributed by atoms with Gasteiger partial charge >= 0.3 is 5.97 Å². The van der Waals surface area contributed by atoms with E-state index in [4.69, 9.17) is 26.1 Å². The van der Waals surface area contributed by atoms with E-state index in [0.29, 0.717) is 55.3 Å². The summed E-state index contributed by atoms with van der Waals surface area (Å²) in [5.41, 5.74) is 5.43. The molecule has 3 aliphatic heterocycles. The number of hydrogen-bond donors (Lipinski definition) is 1. The molecule has 41 heavy (non-hydrogen) atoms. The van der Waals surface area contributed by atoms with Crippen LogP contribution in [0.1, 0.15) is 48.3 Å². The molecule has 6 rings (SSSR count). The maximum atomic E-state index is 11.4. The molecule has 4 heterocycles. The highest BCUT2D eigenvalue weighted by molar-refractivity contribution is 6.32. The third-order valence-corrected chi connectivity index (χ3v) is 9.32. The van der Waals surface area contributed by atoms with Gasteiger partial charge in [0.1, 0.15) is 18.2 Å². The molecular formula is C33H38ClN3O4. The standard InChI is InChI=1S/C33H38ClN3O4/c1-22-18-25(23-10-14-36(15-11-23)27-20-40-21-27)8-9-26(22)19-41-32-28(4-2-5-29(32)34)30-6-3-7-31(35-30)37-16-12-24(13-17-37)33(38)39/h2-9,18,23-24,27H,10-17,19-21H2,1H3,(H,38,39). The van der Waals surface area contributed by atoms with Crippen LogP contribution in [-0.4, -0.2) is 66.4 Å². The van der Waals surface area contributed by atoms with Crippen molar-refractivity contribution in [3.05, 3.63) is 76.3 Å². The van der Waals surface area contributed by atoms with Gasteiger partial charge in [-0.15, -0.1) is 0 Å². The molecule has 7 nitrogen and oxygen atoms in total. The van der Waals surface area contributed by atoms with Crippen LogP contribution in [0.25, 0.3) is 11.3 Å². The Kier molecular flexibility index (Phi) is 8.47. The number of para-hydroxylation sites is 1. The summed E-state index contributed by atoms with van der Waals surface area (Å²) in [6, 6.07) is 19.1. The van der Waals surface area contributed by atoms with Crippen molar-refractivity contribution in [1.29, 1.82) is 0 Å². The van der Waals surface area contributed by atoms with E-state index in [1.807, 2.05) is 36.4 Å². The highest BCUT2D eigenvalue weighted by atomic mass is 35.5. The van der Waals surface area contributed by atoms with Gasteiger partial charge in [-0.1, -0.05) is 41.9 Å². The zero-order valence-corrected chi connectivity index (χ0v) is 24.4. The van der Waals surface area contributed by atoms with Gasteiger partial charge in [-0.2, -0.15) is 0 Å². The minimum Gasteiger partial charge on any atom is -0.487 e. The lowest BCUT2D eigenvalue weighted by molar-refractivity contribution is -0.142. The van der Waals surface area contributed by atoms with E-state index in [0.717, 1.165) is 48.9 Å². The summed E-state index contributed by atoms with van der Waals surface area (Å²) in [6.07, 6.45) is 3.64. The van der Waals surface area contributed by atoms with Crippen molar-refractivity contribution >= 4 is 23.4 Å². The quantitative estimate of drug-likeness (QED) is 0.344. The lowest BCUT2D eigenvalue weighted by Gasteiger charge is -2.41. The summed E-state index contributed by atoms with van der Waals surface area (Å²) < 4.78 is 11.8. The fraction of sp³-hybridized carbons (Fsp3) is 0.455. The molecule has 0 spiro atoms. The number of pyridine rings is 1. The van der Waals surface area contributed by atoms with Crippen LogP contribution < -0.4 is 9.64 Å². The lowest BCUT2D eigenvalue weighted by Crippen LogP contribution is -2.51. The molecule has 216 valence electrons. The van der Waals surface area contributed by atoms with Gasteiger partial charge in [0.25, 0.3) is 0 Å². The zero-order valence-electron chi connectivity index (χ0n) is 23.6. The molecular weight excluding hydrogens is 538 g/mol. The number of carbonyl (C=O) groups is 1. The summed E-state index contributed by atoms with van der Waals surface area (Å²) in [4.78, 5) is 21.0. The average molecular weight is 576 g/mol. The van der Waals surface area contributed by atoms with Crippen LogP contribution >= 0.6 is 11.6 Å². The third-order valence-electron chi connectivity index (χ3n) is 9.02.